The van der Waals surface area contributed by atoms with Gasteiger partial charge in [0, 0.05) is 0 Å². The summed E-state index contributed by atoms with van der Waals surface area (Å²) in [5, 5.41) is 0. The zero-order valence-corrected chi connectivity index (χ0v) is 21.2. The number of hydrogen-bond donors (Lipinski definition) is 0. The van der Waals surface area contributed by atoms with Crippen molar-refractivity contribution in [3.05, 3.63) is 35.4 Å². The SMILES string of the molecule is CCCCCCCCCCC(C)c1ccc(C(C)CCCCCCCCCC)cc1. The maximum absolute atomic E-state index is 2.42. The Bertz CT molecular complexity index is 426. The molecule has 0 aliphatic heterocycles. The Morgan fingerprint density at radius 3 is 1.00 bits per heavy atom. The van der Waals surface area contributed by atoms with Crippen molar-refractivity contribution in [2.45, 2.75) is 155 Å². The molecule has 0 aromatic heterocycles. The number of unbranched alkanes of at least 4 members (excludes halogenated alkanes) is 14. The average Bonchev–Trinajstić information content (AvgIpc) is 2.77. The van der Waals surface area contributed by atoms with Crippen LogP contribution < -0.4 is 0 Å². The summed E-state index contributed by atoms with van der Waals surface area (Å²) in [6.07, 6.45) is 25.4. The summed E-state index contributed by atoms with van der Waals surface area (Å²) in [5.74, 6) is 1.42. The molecular formula is C30H54. The fraction of sp³-hybridized carbons (Fsp3) is 0.800. The maximum Gasteiger partial charge on any atom is -0.0190 e. The lowest BCUT2D eigenvalue weighted by molar-refractivity contribution is 0.541. The lowest BCUT2D eigenvalue weighted by Gasteiger charge is -2.15. The van der Waals surface area contributed by atoms with Gasteiger partial charge in [0.25, 0.3) is 0 Å². The quantitative estimate of drug-likeness (QED) is 0.186. The van der Waals surface area contributed by atoms with Gasteiger partial charge in [-0.05, 0) is 35.8 Å². The zero-order chi connectivity index (χ0) is 21.9. The highest BCUT2D eigenvalue weighted by Gasteiger charge is 2.09. The van der Waals surface area contributed by atoms with E-state index in [1.165, 1.54) is 116 Å². The fourth-order valence-electron chi connectivity index (χ4n) is 4.66. The van der Waals surface area contributed by atoms with Crippen LogP contribution in [0.1, 0.15) is 166 Å². The second kappa shape index (κ2) is 18.9. The zero-order valence-electron chi connectivity index (χ0n) is 21.2. The average molecular weight is 415 g/mol. The molecule has 2 unspecified atom stereocenters. The van der Waals surface area contributed by atoms with E-state index in [0.29, 0.717) is 11.8 Å². The molecule has 0 saturated carbocycles. The molecule has 0 spiro atoms. The largest absolute Gasteiger partial charge is 0.0654 e. The van der Waals surface area contributed by atoms with Crippen molar-refractivity contribution in [2.75, 3.05) is 0 Å². The molecule has 2 atom stereocenters. The molecule has 0 amide bonds. The lowest BCUT2D eigenvalue weighted by Crippen LogP contribution is -1.97. The van der Waals surface area contributed by atoms with Crippen LogP contribution in [-0.4, -0.2) is 0 Å². The van der Waals surface area contributed by atoms with E-state index >= 15 is 0 Å². The predicted molar refractivity (Wildman–Crippen MR) is 138 cm³/mol. The van der Waals surface area contributed by atoms with E-state index in [1.807, 2.05) is 0 Å². The van der Waals surface area contributed by atoms with Gasteiger partial charge in [-0.1, -0.05) is 155 Å². The van der Waals surface area contributed by atoms with E-state index in [2.05, 4.69) is 52.0 Å². The Kier molecular flexibility index (Phi) is 17.2. The Morgan fingerprint density at radius 1 is 0.433 bits per heavy atom. The van der Waals surface area contributed by atoms with Crippen molar-refractivity contribution in [2.24, 2.45) is 0 Å². The van der Waals surface area contributed by atoms with Crippen molar-refractivity contribution < 1.29 is 0 Å². The molecule has 0 fully saturated rings. The molecule has 0 aliphatic rings. The molecule has 0 bridgehead atoms. The van der Waals surface area contributed by atoms with Crippen molar-refractivity contribution in [1.82, 2.24) is 0 Å². The second-order valence-corrected chi connectivity index (χ2v) is 10.00. The highest BCUT2D eigenvalue weighted by molar-refractivity contribution is 5.27. The molecule has 0 radical (unpaired) electrons. The van der Waals surface area contributed by atoms with Gasteiger partial charge < -0.3 is 0 Å². The Labute approximate surface area is 190 Å². The van der Waals surface area contributed by atoms with Crippen molar-refractivity contribution >= 4 is 0 Å². The van der Waals surface area contributed by atoms with Crippen LogP contribution in [0, 0.1) is 0 Å². The summed E-state index contributed by atoms with van der Waals surface area (Å²) >= 11 is 0. The van der Waals surface area contributed by atoms with Gasteiger partial charge in [0.2, 0.25) is 0 Å². The van der Waals surface area contributed by atoms with Crippen LogP contribution in [0.5, 0.6) is 0 Å². The van der Waals surface area contributed by atoms with Gasteiger partial charge in [0.05, 0.1) is 0 Å². The molecule has 0 saturated heterocycles. The minimum Gasteiger partial charge on any atom is -0.0654 e. The summed E-state index contributed by atoms with van der Waals surface area (Å²) in [7, 11) is 0. The van der Waals surface area contributed by atoms with Crippen LogP contribution in [0.15, 0.2) is 24.3 Å². The van der Waals surface area contributed by atoms with E-state index in [-0.39, 0.29) is 0 Å². The fourth-order valence-corrected chi connectivity index (χ4v) is 4.66. The first-order chi connectivity index (χ1) is 14.7. The van der Waals surface area contributed by atoms with E-state index in [4.69, 9.17) is 0 Å². The van der Waals surface area contributed by atoms with Crippen molar-refractivity contribution in [3.63, 3.8) is 0 Å². The van der Waals surface area contributed by atoms with E-state index in [9.17, 15) is 0 Å². The normalized spacial score (nSPS) is 13.5. The first-order valence-electron chi connectivity index (χ1n) is 13.8. The highest BCUT2D eigenvalue weighted by Crippen LogP contribution is 2.27. The molecule has 174 valence electrons. The van der Waals surface area contributed by atoms with Gasteiger partial charge >= 0.3 is 0 Å². The van der Waals surface area contributed by atoms with Crippen molar-refractivity contribution in [3.8, 4) is 0 Å². The summed E-state index contributed by atoms with van der Waals surface area (Å²) < 4.78 is 0. The third-order valence-corrected chi connectivity index (χ3v) is 7.06. The molecule has 1 aromatic rings. The highest BCUT2D eigenvalue weighted by atomic mass is 14.1. The minimum absolute atomic E-state index is 0.710. The van der Waals surface area contributed by atoms with Crippen LogP contribution in [0.4, 0.5) is 0 Å². The molecule has 0 heterocycles. The Balaban J connectivity index is 2.14. The van der Waals surface area contributed by atoms with Crippen LogP contribution in [-0.2, 0) is 0 Å². The molecule has 1 aromatic carbocycles. The van der Waals surface area contributed by atoms with Gasteiger partial charge in [-0.2, -0.15) is 0 Å². The van der Waals surface area contributed by atoms with Crippen LogP contribution in [0.2, 0.25) is 0 Å². The molecule has 0 nitrogen and oxygen atoms in total. The van der Waals surface area contributed by atoms with E-state index < -0.39 is 0 Å². The lowest BCUT2D eigenvalue weighted by atomic mass is 9.90. The molecule has 1 rings (SSSR count). The maximum atomic E-state index is 2.42. The topological polar surface area (TPSA) is 0 Å². The molecular weight excluding hydrogens is 360 g/mol. The van der Waals surface area contributed by atoms with E-state index in [0.717, 1.165) is 0 Å². The number of rotatable bonds is 20. The summed E-state index contributed by atoms with van der Waals surface area (Å²) in [6.45, 7) is 9.43. The second-order valence-electron chi connectivity index (χ2n) is 10.00. The van der Waals surface area contributed by atoms with Gasteiger partial charge in [0.1, 0.15) is 0 Å². The van der Waals surface area contributed by atoms with E-state index in [1.54, 1.807) is 11.1 Å². The standard InChI is InChI=1S/C30H54/c1-5-7-9-11-13-15-17-19-21-27(3)29-23-25-30(26-24-29)28(4)22-20-18-16-14-12-10-8-6-2/h23-28H,5-22H2,1-4H3. The monoisotopic (exact) mass is 414 g/mol. The number of hydrogen-bond acceptors (Lipinski definition) is 0. The van der Waals surface area contributed by atoms with Gasteiger partial charge in [-0.3, -0.25) is 0 Å². The Hall–Kier alpha value is -0.780. The summed E-state index contributed by atoms with van der Waals surface area (Å²) in [6, 6.07) is 9.65. The molecule has 0 N–H and O–H groups in total. The number of benzene rings is 1. The van der Waals surface area contributed by atoms with Gasteiger partial charge in [0.15, 0.2) is 0 Å². The first-order valence-corrected chi connectivity index (χ1v) is 13.8. The van der Waals surface area contributed by atoms with Crippen molar-refractivity contribution in [1.29, 1.82) is 0 Å². The minimum atomic E-state index is 0.710. The van der Waals surface area contributed by atoms with Crippen LogP contribution in [0.25, 0.3) is 0 Å². The van der Waals surface area contributed by atoms with Gasteiger partial charge in [-0.25, -0.2) is 0 Å². The third-order valence-electron chi connectivity index (χ3n) is 7.06. The smallest absolute Gasteiger partial charge is 0.0190 e. The molecule has 0 heteroatoms. The first kappa shape index (κ1) is 27.3. The summed E-state index contributed by atoms with van der Waals surface area (Å²) in [4.78, 5) is 0. The summed E-state index contributed by atoms with van der Waals surface area (Å²) in [5.41, 5.74) is 3.09. The van der Waals surface area contributed by atoms with Crippen LogP contribution >= 0.6 is 0 Å². The molecule has 0 aliphatic carbocycles. The van der Waals surface area contributed by atoms with Gasteiger partial charge in [-0.15, -0.1) is 0 Å². The third kappa shape index (κ3) is 13.5. The Morgan fingerprint density at radius 2 is 0.700 bits per heavy atom. The predicted octanol–water partition coefficient (Wildman–Crippen LogP) is 11.0. The van der Waals surface area contributed by atoms with Crippen LogP contribution in [0.3, 0.4) is 0 Å². The molecule has 30 heavy (non-hydrogen) atoms.